The number of hydrogen-bond acceptors (Lipinski definition) is 6. The van der Waals surface area contributed by atoms with Crippen molar-refractivity contribution in [2.24, 2.45) is 0 Å². The molecule has 0 spiro atoms. The third-order valence-electron chi connectivity index (χ3n) is 5.89. The highest BCUT2D eigenvalue weighted by Gasteiger charge is 2.46. The minimum Gasteiger partial charge on any atom is -0.507 e. The fourth-order valence-electron chi connectivity index (χ4n) is 4.17. The molecule has 1 unspecified atom stereocenters. The molecule has 33 heavy (non-hydrogen) atoms. The topological polar surface area (TPSA) is 96.3 Å². The molecule has 7 nitrogen and oxygen atoms in total. The lowest BCUT2D eigenvalue weighted by Gasteiger charge is -2.26. The van der Waals surface area contributed by atoms with E-state index in [0.717, 1.165) is 12.0 Å². The summed E-state index contributed by atoms with van der Waals surface area (Å²) in [6, 6.07) is 7.49. The number of aromatic hydroxyl groups is 1. The van der Waals surface area contributed by atoms with Gasteiger partial charge in [0, 0.05) is 12.1 Å². The SMILES string of the molecule is CCCCN1C(=O)C(=O)/C(=C(/O)c2cc(C)c(OC)cc2C)C1c1ccc(O)c(OCC)c1. The second-order valence-electron chi connectivity index (χ2n) is 8.14. The Kier molecular flexibility index (Phi) is 7.31. The number of likely N-dealkylation sites (tertiary alicyclic amines) is 1. The molecule has 1 heterocycles. The van der Waals surface area contributed by atoms with Gasteiger partial charge in [0.2, 0.25) is 0 Å². The average Bonchev–Trinajstić information content (AvgIpc) is 3.04. The van der Waals surface area contributed by atoms with E-state index < -0.39 is 17.7 Å². The Morgan fingerprint density at radius 3 is 2.42 bits per heavy atom. The van der Waals surface area contributed by atoms with Gasteiger partial charge >= 0.3 is 0 Å². The van der Waals surface area contributed by atoms with E-state index in [1.165, 1.54) is 11.0 Å². The number of aliphatic hydroxyl groups excluding tert-OH is 1. The van der Waals surface area contributed by atoms with Gasteiger partial charge in [0.25, 0.3) is 11.7 Å². The molecule has 176 valence electrons. The molecule has 0 radical (unpaired) electrons. The number of unbranched alkanes of at least 4 members (excludes halogenated alkanes) is 1. The van der Waals surface area contributed by atoms with E-state index in [2.05, 4.69) is 0 Å². The van der Waals surface area contributed by atoms with Gasteiger partial charge in [-0.05, 0) is 68.1 Å². The van der Waals surface area contributed by atoms with Crippen LogP contribution in [-0.4, -0.2) is 47.1 Å². The van der Waals surface area contributed by atoms with Crippen molar-refractivity contribution in [3.8, 4) is 17.2 Å². The van der Waals surface area contributed by atoms with Crippen LogP contribution in [0.5, 0.6) is 17.2 Å². The number of hydrogen-bond donors (Lipinski definition) is 2. The Labute approximate surface area is 194 Å². The maximum absolute atomic E-state index is 13.2. The first-order valence-electron chi connectivity index (χ1n) is 11.1. The van der Waals surface area contributed by atoms with Crippen LogP contribution < -0.4 is 9.47 Å². The number of ketones is 1. The Bertz CT molecular complexity index is 1100. The standard InChI is InChI=1S/C26H31NO6/c1-6-8-11-27-23(17-9-10-19(28)21(14-17)33-7-2)22(25(30)26(27)31)24(29)18-12-16(4)20(32-5)13-15(18)3/h9-10,12-14,23,28-29H,6-8,11H2,1-5H3/b24-22+. The van der Waals surface area contributed by atoms with Crippen molar-refractivity contribution in [2.75, 3.05) is 20.3 Å². The molecule has 1 fully saturated rings. The van der Waals surface area contributed by atoms with E-state index in [9.17, 15) is 19.8 Å². The summed E-state index contributed by atoms with van der Waals surface area (Å²) in [6.45, 7) is 8.18. The largest absolute Gasteiger partial charge is 0.507 e. The lowest BCUT2D eigenvalue weighted by Crippen LogP contribution is -2.30. The van der Waals surface area contributed by atoms with Crippen LogP contribution in [0.15, 0.2) is 35.9 Å². The molecule has 1 atom stereocenters. The molecular formula is C26H31NO6. The molecule has 2 aromatic rings. The highest BCUT2D eigenvalue weighted by molar-refractivity contribution is 6.46. The number of carbonyl (C=O) groups excluding carboxylic acids is 2. The summed E-state index contributed by atoms with van der Waals surface area (Å²) >= 11 is 0. The fourth-order valence-corrected chi connectivity index (χ4v) is 4.17. The summed E-state index contributed by atoms with van der Waals surface area (Å²) in [7, 11) is 1.57. The molecule has 1 saturated heterocycles. The van der Waals surface area contributed by atoms with Crippen molar-refractivity contribution in [3.05, 3.63) is 58.2 Å². The third kappa shape index (κ3) is 4.53. The first-order chi connectivity index (χ1) is 15.7. The zero-order valence-electron chi connectivity index (χ0n) is 19.8. The Hall–Kier alpha value is -3.48. The summed E-state index contributed by atoms with van der Waals surface area (Å²) in [4.78, 5) is 27.7. The zero-order valence-corrected chi connectivity index (χ0v) is 19.8. The number of amides is 1. The third-order valence-corrected chi connectivity index (χ3v) is 5.89. The van der Waals surface area contributed by atoms with Crippen molar-refractivity contribution in [2.45, 2.75) is 46.6 Å². The maximum Gasteiger partial charge on any atom is 0.295 e. The van der Waals surface area contributed by atoms with Gasteiger partial charge in [-0.25, -0.2) is 0 Å². The van der Waals surface area contributed by atoms with Crippen LogP contribution in [-0.2, 0) is 9.59 Å². The number of rotatable bonds is 8. The van der Waals surface area contributed by atoms with Crippen LogP contribution in [0.3, 0.4) is 0 Å². The van der Waals surface area contributed by atoms with E-state index in [1.54, 1.807) is 38.3 Å². The Morgan fingerprint density at radius 1 is 1.06 bits per heavy atom. The number of nitrogens with zero attached hydrogens (tertiary/aromatic N) is 1. The number of phenols is 1. The minimum absolute atomic E-state index is 0.0249. The second kappa shape index (κ2) is 9.98. The summed E-state index contributed by atoms with van der Waals surface area (Å²) < 4.78 is 10.9. The monoisotopic (exact) mass is 453 g/mol. The highest BCUT2D eigenvalue weighted by Crippen LogP contribution is 2.42. The van der Waals surface area contributed by atoms with Crippen molar-refractivity contribution in [1.29, 1.82) is 0 Å². The van der Waals surface area contributed by atoms with Crippen LogP contribution >= 0.6 is 0 Å². The Balaban J connectivity index is 2.23. The predicted octanol–water partition coefficient (Wildman–Crippen LogP) is 4.64. The molecule has 1 aliphatic rings. The number of ether oxygens (including phenoxy) is 2. The van der Waals surface area contributed by atoms with Crippen LogP contribution in [0.25, 0.3) is 5.76 Å². The number of carbonyl (C=O) groups is 2. The summed E-state index contributed by atoms with van der Waals surface area (Å²) in [5.74, 6) is -0.716. The van der Waals surface area contributed by atoms with Gasteiger partial charge < -0.3 is 24.6 Å². The van der Waals surface area contributed by atoms with Crippen molar-refractivity contribution >= 4 is 17.4 Å². The van der Waals surface area contributed by atoms with Crippen molar-refractivity contribution in [1.82, 2.24) is 4.90 Å². The number of phenolic OH excluding ortho intramolecular Hbond substituents is 1. The second-order valence-corrected chi connectivity index (χ2v) is 8.14. The van der Waals surface area contributed by atoms with Gasteiger partial charge in [-0.2, -0.15) is 0 Å². The molecular weight excluding hydrogens is 422 g/mol. The van der Waals surface area contributed by atoms with Gasteiger partial charge in [0.1, 0.15) is 11.5 Å². The van der Waals surface area contributed by atoms with Gasteiger partial charge in [-0.15, -0.1) is 0 Å². The van der Waals surface area contributed by atoms with Crippen molar-refractivity contribution < 1.29 is 29.3 Å². The van der Waals surface area contributed by atoms with E-state index in [4.69, 9.17) is 9.47 Å². The van der Waals surface area contributed by atoms with Gasteiger partial charge in [0.15, 0.2) is 11.5 Å². The maximum atomic E-state index is 13.2. The first-order valence-corrected chi connectivity index (χ1v) is 11.1. The molecule has 1 amide bonds. The minimum atomic E-state index is -0.793. The Morgan fingerprint density at radius 2 is 1.79 bits per heavy atom. The molecule has 2 N–H and O–H groups in total. The molecule has 0 saturated carbocycles. The van der Waals surface area contributed by atoms with Crippen LogP contribution in [0.1, 0.15) is 55.0 Å². The first kappa shape index (κ1) is 24.2. The number of Topliss-reactive ketones (excluding diaryl/α,β-unsaturated/α-hetero) is 1. The smallest absolute Gasteiger partial charge is 0.295 e. The molecule has 0 bridgehead atoms. The van der Waals surface area contributed by atoms with E-state index in [-0.39, 0.29) is 22.8 Å². The van der Waals surface area contributed by atoms with Crippen molar-refractivity contribution in [3.63, 3.8) is 0 Å². The van der Waals surface area contributed by atoms with E-state index in [1.807, 2.05) is 20.8 Å². The van der Waals surface area contributed by atoms with Crippen LogP contribution in [0, 0.1) is 13.8 Å². The number of aryl methyl sites for hydroxylation is 2. The molecule has 3 rings (SSSR count). The normalized spacial score (nSPS) is 17.5. The predicted molar refractivity (Wildman–Crippen MR) is 126 cm³/mol. The summed E-state index contributed by atoms with van der Waals surface area (Å²) in [6.07, 6.45) is 1.55. The zero-order chi connectivity index (χ0) is 24.3. The number of benzene rings is 2. The number of methoxy groups -OCH3 is 1. The van der Waals surface area contributed by atoms with Crippen LogP contribution in [0.4, 0.5) is 0 Å². The van der Waals surface area contributed by atoms with E-state index >= 15 is 0 Å². The highest BCUT2D eigenvalue weighted by atomic mass is 16.5. The fraction of sp³-hybridized carbons (Fsp3) is 0.385. The van der Waals surface area contributed by atoms with Gasteiger partial charge in [-0.3, -0.25) is 9.59 Å². The molecule has 7 heteroatoms. The lowest BCUT2D eigenvalue weighted by molar-refractivity contribution is -0.139. The average molecular weight is 454 g/mol. The lowest BCUT2D eigenvalue weighted by atomic mass is 9.92. The number of aliphatic hydroxyl groups is 1. The van der Waals surface area contributed by atoms with Crippen LogP contribution in [0.2, 0.25) is 0 Å². The molecule has 2 aromatic carbocycles. The molecule has 1 aliphatic heterocycles. The summed E-state index contributed by atoms with van der Waals surface area (Å²) in [5.41, 5.74) is 2.59. The molecule has 0 aliphatic carbocycles. The van der Waals surface area contributed by atoms with E-state index in [0.29, 0.717) is 42.0 Å². The molecule has 0 aromatic heterocycles. The van der Waals surface area contributed by atoms with Gasteiger partial charge in [0.05, 0.1) is 25.3 Å². The van der Waals surface area contributed by atoms with Gasteiger partial charge in [-0.1, -0.05) is 19.4 Å². The quantitative estimate of drug-likeness (QED) is 0.343. The summed E-state index contributed by atoms with van der Waals surface area (Å²) in [5, 5.41) is 21.5.